The molecule has 0 fully saturated rings. The lowest BCUT2D eigenvalue weighted by atomic mass is 9.82. The average Bonchev–Trinajstić information content (AvgIpc) is 4.10. The molecular weight excluding hydrogens is 831 g/mol. The first-order valence-corrected chi connectivity index (χ1v) is 24.6. The van der Waals surface area contributed by atoms with Gasteiger partial charge in [-0.3, -0.25) is 0 Å². The first kappa shape index (κ1) is 38.6. The lowest BCUT2D eigenvalue weighted by Crippen LogP contribution is -2.16. The first-order chi connectivity index (χ1) is 33.0. The van der Waals surface area contributed by atoms with Gasteiger partial charge in [-0.2, -0.15) is 0 Å². The Morgan fingerprint density at radius 3 is 2.10 bits per heavy atom. The van der Waals surface area contributed by atoms with E-state index >= 15 is 0 Å². The Balaban J connectivity index is 1.00. The summed E-state index contributed by atoms with van der Waals surface area (Å²) in [6.45, 7) is 4.76. The number of nitrogens with zero attached hydrogens (tertiary/aromatic N) is 3. The molecule has 0 aliphatic heterocycles. The molecule has 0 unspecified atom stereocenters. The van der Waals surface area contributed by atoms with E-state index in [1.165, 1.54) is 109 Å². The van der Waals surface area contributed by atoms with Gasteiger partial charge in [-0.15, -0.1) is 11.3 Å². The molecule has 0 N–H and O–H groups in total. The van der Waals surface area contributed by atoms with Crippen molar-refractivity contribution in [1.82, 2.24) is 9.13 Å². The van der Waals surface area contributed by atoms with E-state index in [9.17, 15) is 0 Å². The van der Waals surface area contributed by atoms with Gasteiger partial charge < -0.3 is 14.0 Å². The Morgan fingerprint density at radius 1 is 0.507 bits per heavy atom. The van der Waals surface area contributed by atoms with Crippen molar-refractivity contribution in [1.29, 1.82) is 0 Å². The molecule has 3 aliphatic carbocycles. The number of thiophene rings is 1. The second kappa shape index (κ2) is 14.7. The van der Waals surface area contributed by atoms with Crippen LogP contribution in [-0.4, -0.2) is 9.13 Å². The third-order valence-corrected chi connectivity index (χ3v) is 16.2. The van der Waals surface area contributed by atoms with Gasteiger partial charge in [-0.1, -0.05) is 147 Å². The fourth-order valence-corrected chi connectivity index (χ4v) is 13.1. The van der Waals surface area contributed by atoms with Crippen LogP contribution in [-0.2, 0) is 11.8 Å². The minimum Gasteiger partial charge on any atom is -0.311 e. The second-order valence-corrected chi connectivity index (χ2v) is 20.1. The summed E-state index contributed by atoms with van der Waals surface area (Å²) in [7, 11) is 0. The van der Waals surface area contributed by atoms with Crippen LogP contribution in [0.2, 0.25) is 0 Å². The van der Waals surface area contributed by atoms with Crippen LogP contribution in [0.15, 0.2) is 194 Å². The van der Waals surface area contributed by atoms with Crippen LogP contribution >= 0.6 is 11.3 Å². The van der Waals surface area contributed by atoms with E-state index in [4.69, 9.17) is 0 Å². The van der Waals surface area contributed by atoms with Crippen LogP contribution in [0.4, 0.5) is 17.1 Å². The predicted octanol–water partition coefficient (Wildman–Crippen LogP) is 17.7. The van der Waals surface area contributed by atoms with Gasteiger partial charge >= 0.3 is 0 Å². The standard InChI is InChI=1S/C63H47N3S/c1-63(2)55-25-12-9-20-47(55)48-34-32-45(39-56(48)63)64(43-30-28-40(29-31-43)46-23-15-24-53-50-22-11-14-27-59(50)67-62(46)53)44-33-37-58-54(38-44)52-36-35-51-49-21-10-13-26-57(49)65(41-16-5-3-6-17-41)60(51)61(52)66(58)42-18-7-4-8-19-42/h4-5,7-12,14-25,27-39H,3,6,13,26H2,1-2H3. The van der Waals surface area contributed by atoms with Crippen LogP contribution in [0, 0.1) is 0 Å². The van der Waals surface area contributed by atoms with Gasteiger partial charge in [0, 0.05) is 81.4 Å². The minimum absolute atomic E-state index is 0.134. The summed E-state index contributed by atoms with van der Waals surface area (Å²) < 4.78 is 7.79. The number of benzene rings is 8. The fraction of sp³-hybridized carbons (Fsp3) is 0.111. The molecule has 3 heterocycles. The zero-order valence-corrected chi connectivity index (χ0v) is 38.4. The summed E-state index contributed by atoms with van der Waals surface area (Å²) in [6.07, 6.45) is 16.1. The van der Waals surface area contributed by atoms with Gasteiger partial charge in [-0.05, 0) is 126 Å². The third-order valence-electron chi connectivity index (χ3n) is 15.0. The van der Waals surface area contributed by atoms with E-state index < -0.39 is 0 Å². The van der Waals surface area contributed by atoms with Crippen molar-refractivity contribution in [2.75, 3.05) is 4.90 Å². The fourth-order valence-electron chi connectivity index (χ4n) is 11.9. The quantitative estimate of drug-likeness (QED) is 0.162. The molecule has 3 aromatic heterocycles. The number of anilines is 3. The average molecular weight is 878 g/mol. The van der Waals surface area contributed by atoms with Gasteiger partial charge in [-0.25, -0.2) is 0 Å². The molecule has 3 nitrogen and oxygen atoms in total. The molecule has 0 radical (unpaired) electrons. The first-order valence-electron chi connectivity index (χ1n) is 23.8. The topological polar surface area (TPSA) is 13.1 Å². The van der Waals surface area contributed by atoms with Crippen LogP contribution in [0.5, 0.6) is 0 Å². The Labute approximate surface area is 394 Å². The molecule has 67 heavy (non-hydrogen) atoms. The highest BCUT2D eigenvalue weighted by Crippen LogP contribution is 2.52. The minimum atomic E-state index is -0.134. The Hall–Kier alpha value is -7.66. The normalized spacial score (nSPS) is 14.9. The second-order valence-electron chi connectivity index (χ2n) is 19.0. The maximum atomic E-state index is 2.60. The number of hydrogen-bond donors (Lipinski definition) is 0. The molecule has 0 saturated heterocycles. The van der Waals surface area contributed by atoms with Crippen molar-refractivity contribution in [2.45, 2.75) is 44.9 Å². The van der Waals surface area contributed by atoms with Crippen molar-refractivity contribution in [3.63, 3.8) is 0 Å². The number of rotatable bonds is 6. The molecule has 0 bridgehead atoms. The van der Waals surface area contributed by atoms with E-state index in [0.29, 0.717) is 0 Å². The van der Waals surface area contributed by atoms with Gasteiger partial charge in [0.25, 0.3) is 0 Å². The number of aromatic nitrogens is 2. The molecule has 11 aromatic rings. The monoisotopic (exact) mass is 877 g/mol. The lowest BCUT2D eigenvalue weighted by Gasteiger charge is -2.28. The summed E-state index contributed by atoms with van der Waals surface area (Å²) in [5, 5.41) is 6.45. The van der Waals surface area contributed by atoms with E-state index in [0.717, 1.165) is 42.7 Å². The summed E-state index contributed by atoms with van der Waals surface area (Å²) in [5.41, 5.74) is 20.1. The Morgan fingerprint density at radius 2 is 1.22 bits per heavy atom. The van der Waals surface area contributed by atoms with Crippen molar-refractivity contribution < 1.29 is 0 Å². The Bertz CT molecular complexity index is 3940. The predicted molar refractivity (Wildman–Crippen MR) is 287 cm³/mol. The van der Waals surface area contributed by atoms with Crippen LogP contribution < -0.4 is 4.90 Å². The van der Waals surface area contributed by atoms with Gasteiger partial charge in [0.15, 0.2) is 0 Å². The highest BCUT2D eigenvalue weighted by Gasteiger charge is 2.36. The molecule has 0 atom stereocenters. The third kappa shape index (κ3) is 5.69. The molecular formula is C63H47N3S. The summed E-state index contributed by atoms with van der Waals surface area (Å²) in [6, 6.07) is 63.9. The molecule has 0 spiro atoms. The highest BCUT2D eigenvalue weighted by molar-refractivity contribution is 7.26. The zero-order chi connectivity index (χ0) is 44.4. The summed E-state index contributed by atoms with van der Waals surface area (Å²) in [5.74, 6) is 0. The van der Waals surface area contributed by atoms with Gasteiger partial charge in [0.05, 0.1) is 16.6 Å². The molecule has 8 aromatic carbocycles. The number of para-hydroxylation sites is 1. The van der Waals surface area contributed by atoms with Gasteiger partial charge in [0.2, 0.25) is 0 Å². The largest absolute Gasteiger partial charge is 0.311 e. The van der Waals surface area contributed by atoms with E-state index in [1.54, 1.807) is 0 Å². The van der Waals surface area contributed by atoms with Crippen LogP contribution in [0.25, 0.3) is 92.6 Å². The SMILES string of the molecule is CC1(C)c2ccccc2-c2ccc(N(c3ccc(-c4cccc5c4sc4ccccc45)cc3)c3ccc4c(c3)c3ccc5c6c(n(C7=CCCC=C7)c5c3n4-c3ccccc3)CCC=C6)cc21. The van der Waals surface area contributed by atoms with Crippen molar-refractivity contribution in [3.05, 3.63) is 217 Å². The molecule has 0 amide bonds. The molecule has 320 valence electrons. The number of fused-ring (bicyclic) bond motifs is 13. The smallest absolute Gasteiger partial charge is 0.0788 e. The lowest BCUT2D eigenvalue weighted by molar-refractivity contribution is 0.660. The molecule has 14 rings (SSSR count). The number of allylic oxidation sites excluding steroid dienone is 5. The van der Waals surface area contributed by atoms with Crippen LogP contribution in [0.1, 0.15) is 55.5 Å². The van der Waals surface area contributed by atoms with E-state index in [-0.39, 0.29) is 5.41 Å². The molecule has 3 aliphatic rings. The van der Waals surface area contributed by atoms with Crippen molar-refractivity contribution in [2.24, 2.45) is 0 Å². The van der Waals surface area contributed by atoms with Crippen molar-refractivity contribution in [3.8, 4) is 27.9 Å². The van der Waals surface area contributed by atoms with Gasteiger partial charge in [0.1, 0.15) is 0 Å². The molecule has 0 saturated carbocycles. The summed E-state index contributed by atoms with van der Waals surface area (Å²) >= 11 is 1.89. The maximum absolute atomic E-state index is 2.60. The maximum Gasteiger partial charge on any atom is 0.0788 e. The van der Waals surface area contributed by atoms with E-state index in [1.807, 2.05) is 11.3 Å². The zero-order valence-electron chi connectivity index (χ0n) is 37.6. The highest BCUT2D eigenvalue weighted by atomic mass is 32.1. The van der Waals surface area contributed by atoms with Crippen LogP contribution in [0.3, 0.4) is 0 Å². The number of hydrogen-bond acceptors (Lipinski definition) is 2. The Kier molecular flexibility index (Phi) is 8.45. The molecule has 4 heteroatoms. The van der Waals surface area contributed by atoms with E-state index in [2.05, 4.69) is 228 Å². The van der Waals surface area contributed by atoms with Crippen molar-refractivity contribution >= 4 is 93.1 Å². The summed E-state index contributed by atoms with van der Waals surface area (Å²) in [4.78, 5) is 2.48.